The highest BCUT2D eigenvalue weighted by atomic mass is 32.2. The van der Waals surface area contributed by atoms with E-state index in [0.717, 1.165) is 35.4 Å². The number of likely N-dealkylation sites (tertiary alicyclic amines) is 1. The van der Waals surface area contributed by atoms with Crippen molar-refractivity contribution < 1.29 is 4.79 Å². The molecular weight excluding hydrogens is 280 g/mol. The van der Waals surface area contributed by atoms with Crippen LogP contribution in [0.1, 0.15) is 19.8 Å². The molecule has 7 heteroatoms. The minimum Gasteiger partial charge on any atom is -0.357 e. The average molecular weight is 298 g/mol. The third-order valence-corrected chi connectivity index (χ3v) is 4.90. The van der Waals surface area contributed by atoms with E-state index in [2.05, 4.69) is 22.1 Å². The lowest BCUT2D eigenvalue weighted by molar-refractivity contribution is -0.129. The number of hydrogen-bond acceptors (Lipinski definition) is 6. The van der Waals surface area contributed by atoms with Gasteiger partial charge in [-0.05, 0) is 19.8 Å². The second kappa shape index (κ2) is 6.91. The van der Waals surface area contributed by atoms with Gasteiger partial charge in [0, 0.05) is 19.6 Å². The molecule has 1 fully saturated rings. The molecule has 0 spiro atoms. The number of rotatable bonds is 6. The van der Waals surface area contributed by atoms with Crippen molar-refractivity contribution in [1.82, 2.24) is 15.1 Å². The van der Waals surface area contributed by atoms with Gasteiger partial charge in [0.05, 0.1) is 5.25 Å². The monoisotopic (exact) mass is 298 g/mol. The van der Waals surface area contributed by atoms with Gasteiger partial charge in [-0.3, -0.25) is 4.79 Å². The fourth-order valence-corrected chi connectivity index (χ4v) is 3.87. The molecule has 2 heterocycles. The first-order chi connectivity index (χ1) is 9.20. The van der Waals surface area contributed by atoms with Crippen molar-refractivity contribution in [2.24, 2.45) is 0 Å². The summed E-state index contributed by atoms with van der Waals surface area (Å²) in [4.78, 5) is 14.1. The summed E-state index contributed by atoms with van der Waals surface area (Å²) in [5, 5.41) is 11.9. The normalized spacial score (nSPS) is 16.4. The van der Waals surface area contributed by atoms with Crippen LogP contribution in [-0.2, 0) is 4.79 Å². The molecule has 1 aliphatic rings. The summed E-state index contributed by atoms with van der Waals surface area (Å²) < 4.78 is 0.826. The molecule has 104 valence electrons. The molecule has 1 aromatic rings. The maximum Gasteiger partial charge on any atom is 0.235 e. The smallest absolute Gasteiger partial charge is 0.235 e. The van der Waals surface area contributed by atoms with Gasteiger partial charge in [-0.2, -0.15) is 0 Å². The summed E-state index contributed by atoms with van der Waals surface area (Å²) in [6.45, 7) is 8.03. The number of aromatic nitrogens is 2. The zero-order chi connectivity index (χ0) is 13.7. The zero-order valence-corrected chi connectivity index (χ0v) is 12.6. The fourth-order valence-electron chi connectivity index (χ4n) is 1.88. The molecule has 0 saturated carbocycles. The molecule has 0 aliphatic carbocycles. The van der Waals surface area contributed by atoms with E-state index in [-0.39, 0.29) is 11.2 Å². The van der Waals surface area contributed by atoms with Crippen molar-refractivity contribution in [3.63, 3.8) is 0 Å². The Kier molecular flexibility index (Phi) is 5.21. The molecule has 0 radical (unpaired) electrons. The Morgan fingerprint density at radius 2 is 2.32 bits per heavy atom. The molecular formula is C12H18N4OS2. The van der Waals surface area contributed by atoms with E-state index in [4.69, 9.17) is 0 Å². The first kappa shape index (κ1) is 14.3. The Balaban J connectivity index is 1.87. The molecule has 1 aliphatic heterocycles. The minimum atomic E-state index is -0.0988. The summed E-state index contributed by atoms with van der Waals surface area (Å²) in [5.41, 5.74) is 0. The van der Waals surface area contributed by atoms with Crippen LogP contribution in [-0.4, -0.2) is 45.9 Å². The molecule has 1 N–H and O–H groups in total. The van der Waals surface area contributed by atoms with Crippen LogP contribution in [0, 0.1) is 0 Å². The van der Waals surface area contributed by atoms with Gasteiger partial charge in [0.25, 0.3) is 0 Å². The topological polar surface area (TPSA) is 58.1 Å². The number of amides is 1. The van der Waals surface area contributed by atoms with E-state index in [0.29, 0.717) is 6.54 Å². The van der Waals surface area contributed by atoms with E-state index in [1.165, 1.54) is 23.1 Å². The van der Waals surface area contributed by atoms with Crippen LogP contribution in [0.25, 0.3) is 0 Å². The van der Waals surface area contributed by atoms with E-state index in [1.807, 2.05) is 11.8 Å². The summed E-state index contributed by atoms with van der Waals surface area (Å²) in [5.74, 6) is 0.207. The molecule has 0 aromatic carbocycles. The maximum absolute atomic E-state index is 12.2. The summed E-state index contributed by atoms with van der Waals surface area (Å²) in [6.07, 6.45) is 4.02. The van der Waals surface area contributed by atoms with Crippen LogP contribution >= 0.6 is 23.1 Å². The Morgan fingerprint density at radius 1 is 1.58 bits per heavy atom. The molecule has 1 amide bonds. The number of nitrogens with one attached hydrogen (secondary N) is 1. The highest BCUT2D eigenvalue weighted by Crippen LogP contribution is 2.30. The quantitative estimate of drug-likeness (QED) is 0.645. The highest BCUT2D eigenvalue weighted by Gasteiger charge is 2.24. The van der Waals surface area contributed by atoms with Gasteiger partial charge in [-0.1, -0.05) is 29.2 Å². The third-order valence-electron chi connectivity index (χ3n) is 2.85. The number of thioether (sulfide) groups is 1. The Hall–Kier alpha value is -1.08. The van der Waals surface area contributed by atoms with Crippen LogP contribution in [0.15, 0.2) is 17.0 Å². The molecule has 19 heavy (non-hydrogen) atoms. The van der Waals surface area contributed by atoms with E-state index in [9.17, 15) is 4.79 Å². The summed E-state index contributed by atoms with van der Waals surface area (Å²) in [6, 6.07) is 0. The minimum absolute atomic E-state index is 0.0988. The number of nitrogens with zero attached hydrogens (tertiary/aromatic N) is 3. The predicted molar refractivity (Wildman–Crippen MR) is 79.7 cm³/mol. The predicted octanol–water partition coefficient (Wildman–Crippen LogP) is 2.24. The number of anilines is 1. The maximum atomic E-state index is 12.2. The summed E-state index contributed by atoms with van der Waals surface area (Å²) in [7, 11) is 0. The Morgan fingerprint density at radius 3 is 3.00 bits per heavy atom. The molecule has 0 unspecified atom stereocenters. The van der Waals surface area contributed by atoms with E-state index >= 15 is 0 Å². The fraction of sp³-hybridized carbons (Fsp3) is 0.583. The van der Waals surface area contributed by atoms with Crippen molar-refractivity contribution in [2.45, 2.75) is 29.4 Å². The molecule has 1 aromatic heterocycles. The van der Waals surface area contributed by atoms with Gasteiger partial charge in [-0.15, -0.1) is 16.8 Å². The summed E-state index contributed by atoms with van der Waals surface area (Å²) >= 11 is 2.95. The van der Waals surface area contributed by atoms with Crippen molar-refractivity contribution in [3.05, 3.63) is 12.7 Å². The van der Waals surface area contributed by atoms with Crippen LogP contribution in [0.3, 0.4) is 0 Å². The first-order valence-corrected chi connectivity index (χ1v) is 8.04. The van der Waals surface area contributed by atoms with Gasteiger partial charge in [-0.25, -0.2) is 0 Å². The first-order valence-electron chi connectivity index (χ1n) is 6.34. The number of carbonyl (C=O) groups excluding carboxylic acids is 1. The third kappa shape index (κ3) is 3.94. The molecule has 5 nitrogen and oxygen atoms in total. The lowest BCUT2D eigenvalue weighted by atomic mass is 10.4. The molecule has 1 saturated heterocycles. The zero-order valence-electron chi connectivity index (χ0n) is 11.0. The van der Waals surface area contributed by atoms with E-state index in [1.54, 1.807) is 6.08 Å². The average Bonchev–Trinajstić information content (AvgIpc) is 3.06. The highest BCUT2D eigenvalue weighted by molar-refractivity contribution is 8.02. The largest absolute Gasteiger partial charge is 0.357 e. The van der Waals surface area contributed by atoms with Crippen LogP contribution in [0.5, 0.6) is 0 Å². The van der Waals surface area contributed by atoms with Crippen LogP contribution < -0.4 is 5.32 Å². The standard InChI is InChI=1S/C12H18N4OS2/c1-3-6-13-11-14-15-12(19-11)18-9(2)10(17)16-7-4-5-8-16/h3,9H,1,4-8H2,2H3,(H,13,14)/t9-/m0/s1. The van der Waals surface area contributed by atoms with Crippen molar-refractivity contribution in [3.8, 4) is 0 Å². The lowest BCUT2D eigenvalue weighted by Crippen LogP contribution is -2.33. The Labute approximate surface area is 121 Å². The van der Waals surface area contributed by atoms with Gasteiger partial charge in [0.1, 0.15) is 0 Å². The van der Waals surface area contributed by atoms with Crippen molar-refractivity contribution in [1.29, 1.82) is 0 Å². The van der Waals surface area contributed by atoms with Gasteiger partial charge < -0.3 is 10.2 Å². The molecule has 1 atom stereocenters. The second-order valence-corrected chi connectivity index (χ2v) is 6.90. The lowest BCUT2D eigenvalue weighted by Gasteiger charge is -2.18. The van der Waals surface area contributed by atoms with Crippen LogP contribution in [0.2, 0.25) is 0 Å². The SMILES string of the molecule is C=CCNc1nnc(S[C@@H](C)C(=O)N2CCCC2)s1. The van der Waals surface area contributed by atoms with Crippen molar-refractivity contribution >= 4 is 34.1 Å². The van der Waals surface area contributed by atoms with Crippen LogP contribution in [0.4, 0.5) is 5.13 Å². The number of carbonyl (C=O) groups is 1. The van der Waals surface area contributed by atoms with Gasteiger partial charge in [0.15, 0.2) is 4.34 Å². The van der Waals surface area contributed by atoms with Gasteiger partial charge >= 0.3 is 0 Å². The van der Waals surface area contributed by atoms with E-state index < -0.39 is 0 Å². The molecule has 2 rings (SSSR count). The van der Waals surface area contributed by atoms with Crippen molar-refractivity contribution in [2.75, 3.05) is 25.0 Å². The van der Waals surface area contributed by atoms with Gasteiger partial charge in [0.2, 0.25) is 11.0 Å². The molecule has 0 bridgehead atoms. The second-order valence-electron chi connectivity index (χ2n) is 4.34. The Bertz CT molecular complexity index is 443. The number of hydrogen-bond donors (Lipinski definition) is 1.